The van der Waals surface area contributed by atoms with Crippen molar-refractivity contribution in [3.05, 3.63) is 71.6 Å². The number of halogens is 1. The van der Waals surface area contributed by atoms with Gasteiger partial charge in [-0.25, -0.2) is 9.98 Å². The van der Waals surface area contributed by atoms with Gasteiger partial charge in [0.1, 0.15) is 17.7 Å². The highest BCUT2D eigenvalue weighted by molar-refractivity contribution is 14.0. The van der Waals surface area contributed by atoms with Crippen LogP contribution in [0.2, 0.25) is 0 Å². The number of aliphatic imine (C=N–C) groups is 1. The van der Waals surface area contributed by atoms with E-state index in [4.69, 9.17) is 4.42 Å². The first-order valence-electron chi connectivity index (χ1n) is 9.45. The second kappa shape index (κ2) is 11.5. The van der Waals surface area contributed by atoms with Gasteiger partial charge in [-0.15, -0.1) is 24.0 Å². The number of phenolic OH excluding ortho intramolecular Hbond substituents is 1. The lowest BCUT2D eigenvalue weighted by Gasteiger charge is -2.11. The lowest BCUT2D eigenvalue weighted by atomic mass is 10.1. The Kier molecular flexibility index (Phi) is 8.98. The van der Waals surface area contributed by atoms with E-state index in [0.717, 1.165) is 35.7 Å². The van der Waals surface area contributed by atoms with Gasteiger partial charge in [-0.3, -0.25) is 0 Å². The van der Waals surface area contributed by atoms with Gasteiger partial charge < -0.3 is 20.2 Å². The third-order valence-corrected chi connectivity index (χ3v) is 4.21. The Labute approximate surface area is 188 Å². The molecular formula is C22H27IN4O2. The van der Waals surface area contributed by atoms with Crippen LogP contribution in [-0.4, -0.2) is 29.1 Å². The van der Waals surface area contributed by atoms with Crippen LogP contribution in [0.4, 0.5) is 0 Å². The summed E-state index contributed by atoms with van der Waals surface area (Å²) in [5.74, 6) is 1.61. The van der Waals surface area contributed by atoms with E-state index < -0.39 is 0 Å². The second-order valence-corrected chi connectivity index (χ2v) is 6.55. The van der Waals surface area contributed by atoms with Crippen molar-refractivity contribution < 1.29 is 9.52 Å². The summed E-state index contributed by atoms with van der Waals surface area (Å²) in [7, 11) is 0. The molecule has 7 heteroatoms. The number of nitrogens with one attached hydrogen (secondary N) is 2. The van der Waals surface area contributed by atoms with Crippen molar-refractivity contribution in [3.8, 4) is 17.2 Å². The molecule has 0 saturated heterocycles. The van der Waals surface area contributed by atoms with E-state index in [1.54, 1.807) is 18.4 Å². The number of rotatable bonds is 7. The molecule has 29 heavy (non-hydrogen) atoms. The molecule has 154 valence electrons. The van der Waals surface area contributed by atoms with Crippen molar-refractivity contribution in [2.24, 2.45) is 4.99 Å². The molecule has 2 aromatic carbocycles. The van der Waals surface area contributed by atoms with E-state index in [0.29, 0.717) is 19.0 Å². The molecule has 0 spiro atoms. The van der Waals surface area contributed by atoms with Gasteiger partial charge >= 0.3 is 0 Å². The Bertz CT molecular complexity index is 923. The Morgan fingerprint density at radius 1 is 1.14 bits per heavy atom. The van der Waals surface area contributed by atoms with Crippen molar-refractivity contribution in [3.63, 3.8) is 0 Å². The maximum atomic E-state index is 9.54. The number of aromatic nitrogens is 1. The molecule has 0 aliphatic rings. The number of nitrogens with zero attached hydrogens (tertiary/aromatic N) is 2. The minimum atomic E-state index is 0. The lowest BCUT2D eigenvalue weighted by Crippen LogP contribution is -2.38. The van der Waals surface area contributed by atoms with Gasteiger partial charge in [0, 0.05) is 18.7 Å². The molecule has 0 aliphatic carbocycles. The summed E-state index contributed by atoms with van der Waals surface area (Å²) in [6.45, 7) is 5.98. The Morgan fingerprint density at radius 3 is 2.66 bits per heavy atom. The zero-order valence-electron chi connectivity index (χ0n) is 16.7. The van der Waals surface area contributed by atoms with Crippen LogP contribution in [0, 0.1) is 6.92 Å². The Hall–Kier alpha value is -2.55. The predicted octanol–water partition coefficient (Wildman–Crippen LogP) is 4.27. The van der Waals surface area contributed by atoms with Crippen LogP contribution < -0.4 is 10.6 Å². The number of guanidine groups is 1. The van der Waals surface area contributed by atoms with Gasteiger partial charge in [-0.1, -0.05) is 29.8 Å². The molecule has 3 aromatic rings. The highest BCUT2D eigenvalue weighted by Gasteiger charge is 2.07. The number of hydrogen-bond donors (Lipinski definition) is 3. The largest absolute Gasteiger partial charge is 0.508 e. The molecule has 0 radical (unpaired) electrons. The monoisotopic (exact) mass is 506 g/mol. The number of aromatic hydroxyl groups is 1. The molecule has 0 bridgehead atoms. The normalized spacial score (nSPS) is 11.0. The van der Waals surface area contributed by atoms with Crippen LogP contribution in [0.1, 0.15) is 23.7 Å². The average molecular weight is 506 g/mol. The maximum Gasteiger partial charge on any atom is 0.226 e. The molecule has 0 aliphatic heterocycles. The molecule has 3 rings (SSSR count). The summed E-state index contributed by atoms with van der Waals surface area (Å²) < 4.78 is 5.59. The fourth-order valence-corrected chi connectivity index (χ4v) is 2.75. The first kappa shape index (κ1) is 22.7. The maximum absolute atomic E-state index is 9.54. The summed E-state index contributed by atoms with van der Waals surface area (Å²) in [6, 6.07) is 15.4. The van der Waals surface area contributed by atoms with Crippen molar-refractivity contribution in [1.82, 2.24) is 15.6 Å². The highest BCUT2D eigenvalue weighted by Crippen LogP contribution is 2.19. The standard InChI is InChI=1S/C22H26N4O2.HI/c1-3-23-22(24-12-11-17-5-4-6-20(27)13-17)25-14-19-15-28-21(26-19)18-9-7-16(2)8-10-18;/h4-10,13,15,27H,3,11-12,14H2,1-2H3,(H2,23,24,25);1H. The van der Waals surface area contributed by atoms with Gasteiger partial charge in [0.2, 0.25) is 5.89 Å². The van der Waals surface area contributed by atoms with Crippen molar-refractivity contribution in [2.75, 3.05) is 13.1 Å². The van der Waals surface area contributed by atoms with Crippen molar-refractivity contribution in [1.29, 1.82) is 0 Å². The van der Waals surface area contributed by atoms with E-state index in [1.807, 2.05) is 43.3 Å². The Balaban J connectivity index is 0.00000300. The minimum Gasteiger partial charge on any atom is -0.508 e. The third kappa shape index (κ3) is 7.08. The quantitative estimate of drug-likeness (QED) is 0.253. The Morgan fingerprint density at radius 2 is 1.93 bits per heavy atom. The van der Waals surface area contributed by atoms with Gasteiger partial charge in [0.05, 0.1) is 6.54 Å². The van der Waals surface area contributed by atoms with E-state index in [1.165, 1.54) is 5.56 Å². The number of hydrogen-bond acceptors (Lipinski definition) is 4. The third-order valence-electron chi connectivity index (χ3n) is 4.21. The zero-order valence-corrected chi connectivity index (χ0v) is 19.0. The number of phenols is 1. The summed E-state index contributed by atoms with van der Waals surface area (Å²) in [4.78, 5) is 9.10. The molecule has 6 nitrogen and oxygen atoms in total. The molecule has 0 amide bonds. The number of benzene rings is 2. The van der Waals surface area contributed by atoms with Crippen LogP contribution in [0.5, 0.6) is 5.75 Å². The van der Waals surface area contributed by atoms with Crippen LogP contribution >= 0.6 is 24.0 Å². The fourth-order valence-electron chi connectivity index (χ4n) is 2.75. The van der Waals surface area contributed by atoms with Gasteiger partial charge in [-0.05, 0) is 50.1 Å². The molecule has 0 atom stereocenters. The number of aryl methyl sites for hydroxylation is 1. The molecule has 0 saturated carbocycles. The van der Waals surface area contributed by atoms with Crippen LogP contribution in [0.15, 0.2) is 64.2 Å². The van der Waals surface area contributed by atoms with E-state index in [-0.39, 0.29) is 29.7 Å². The van der Waals surface area contributed by atoms with Gasteiger partial charge in [-0.2, -0.15) is 0 Å². The summed E-state index contributed by atoms with van der Waals surface area (Å²) in [5, 5.41) is 16.1. The molecular weight excluding hydrogens is 479 g/mol. The van der Waals surface area contributed by atoms with Crippen LogP contribution in [-0.2, 0) is 13.0 Å². The predicted molar refractivity (Wildman–Crippen MR) is 127 cm³/mol. The summed E-state index contributed by atoms with van der Waals surface area (Å²) in [6.07, 6.45) is 2.44. The van der Waals surface area contributed by atoms with Gasteiger partial charge in [0.25, 0.3) is 0 Å². The molecule has 1 aromatic heterocycles. The fraction of sp³-hybridized carbons (Fsp3) is 0.273. The zero-order chi connectivity index (χ0) is 19.8. The molecule has 0 unspecified atom stereocenters. The highest BCUT2D eigenvalue weighted by atomic mass is 127. The lowest BCUT2D eigenvalue weighted by molar-refractivity contribution is 0.474. The van der Waals surface area contributed by atoms with Crippen molar-refractivity contribution in [2.45, 2.75) is 26.8 Å². The molecule has 0 fully saturated rings. The first-order chi connectivity index (χ1) is 13.6. The first-order valence-corrected chi connectivity index (χ1v) is 9.45. The second-order valence-electron chi connectivity index (χ2n) is 6.55. The van der Waals surface area contributed by atoms with E-state index in [9.17, 15) is 5.11 Å². The summed E-state index contributed by atoms with van der Waals surface area (Å²) in [5.41, 5.74) is 4.01. The topological polar surface area (TPSA) is 82.7 Å². The van der Waals surface area contributed by atoms with Gasteiger partial charge in [0.15, 0.2) is 5.96 Å². The van der Waals surface area contributed by atoms with Crippen LogP contribution in [0.25, 0.3) is 11.5 Å². The van der Waals surface area contributed by atoms with Crippen molar-refractivity contribution >= 4 is 29.9 Å². The molecule has 3 N–H and O–H groups in total. The summed E-state index contributed by atoms with van der Waals surface area (Å²) >= 11 is 0. The molecule has 1 heterocycles. The van der Waals surface area contributed by atoms with E-state index >= 15 is 0 Å². The SMILES string of the molecule is CCNC(=NCc1coc(-c2ccc(C)cc2)n1)NCCc1cccc(O)c1.I. The smallest absolute Gasteiger partial charge is 0.226 e. The van der Waals surface area contributed by atoms with E-state index in [2.05, 4.69) is 27.5 Å². The van der Waals surface area contributed by atoms with Crippen LogP contribution in [0.3, 0.4) is 0 Å². The number of oxazole rings is 1. The minimum absolute atomic E-state index is 0. The average Bonchev–Trinajstić information content (AvgIpc) is 3.16.